The maximum atomic E-state index is 13.5. The fraction of sp³-hybridized carbons (Fsp3) is 0.154. The smallest absolute Gasteiger partial charge is 0.260 e. The summed E-state index contributed by atoms with van der Waals surface area (Å²) in [5.41, 5.74) is 4.03. The molecule has 0 atom stereocenters. The number of hydrogen-bond donors (Lipinski definition) is 3. The van der Waals surface area contributed by atoms with Gasteiger partial charge in [0.15, 0.2) is 0 Å². The van der Waals surface area contributed by atoms with Crippen LogP contribution in [0.1, 0.15) is 21.5 Å². The summed E-state index contributed by atoms with van der Waals surface area (Å²) in [5.74, 6) is 0.476. The van der Waals surface area contributed by atoms with E-state index in [9.17, 15) is 15.0 Å². The van der Waals surface area contributed by atoms with Crippen LogP contribution < -0.4 is 10.1 Å². The quantitative estimate of drug-likeness (QED) is 0.412. The van der Waals surface area contributed by atoms with E-state index < -0.39 is 0 Å². The minimum absolute atomic E-state index is 0.0886. The van der Waals surface area contributed by atoms with Gasteiger partial charge in [-0.2, -0.15) is 5.10 Å². The largest absolute Gasteiger partial charge is 0.508 e. The number of carbonyl (C=O) groups excluding carboxylic acids is 1. The second-order valence-electron chi connectivity index (χ2n) is 8.18. The van der Waals surface area contributed by atoms with Crippen LogP contribution in [0.5, 0.6) is 17.2 Å². The highest BCUT2D eigenvalue weighted by Crippen LogP contribution is 2.37. The monoisotopic (exact) mass is 456 g/mol. The number of phenolic OH excluding ortho intramolecular Hbond substituents is 2. The first kappa shape index (κ1) is 21.4. The number of aromatic hydroxyl groups is 2. The predicted octanol–water partition coefficient (Wildman–Crippen LogP) is 4.41. The van der Waals surface area contributed by atoms with Gasteiger partial charge in [0.05, 0.1) is 18.5 Å². The molecule has 3 N–H and O–H groups in total. The van der Waals surface area contributed by atoms with Crippen LogP contribution in [0.25, 0.3) is 11.3 Å². The zero-order chi connectivity index (χ0) is 23.8. The SMILES string of the molecule is COc1ccccc1-c1cc(Nc2cc(O)cc(O)c2C(=O)N2Cc3ccccc3C2)n(C)n1. The van der Waals surface area contributed by atoms with Gasteiger partial charge in [0.25, 0.3) is 5.91 Å². The third kappa shape index (κ3) is 3.79. The van der Waals surface area contributed by atoms with Crippen molar-refractivity contribution in [2.24, 2.45) is 7.05 Å². The molecule has 0 bridgehead atoms. The molecule has 4 aromatic rings. The van der Waals surface area contributed by atoms with E-state index >= 15 is 0 Å². The van der Waals surface area contributed by atoms with Crippen molar-refractivity contribution >= 4 is 17.4 Å². The lowest BCUT2D eigenvalue weighted by Crippen LogP contribution is -2.26. The minimum atomic E-state index is -0.330. The normalized spacial score (nSPS) is 12.5. The second-order valence-corrected chi connectivity index (χ2v) is 8.18. The van der Waals surface area contributed by atoms with Crippen molar-refractivity contribution in [2.45, 2.75) is 13.1 Å². The van der Waals surface area contributed by atoms with Crippen LogP contribution in [-0.4, -0.2) is 37.9 Å². The number of carbonyl (C=O) groups is 1. The summed E-state index contributed by atoms with van der Waals surface area (Å²) in [6, 6.07) is 19.8. The van der Waals surface area contributed by atoms with Crippen molar-refractivity contribution in [1.82, 2.24) is 14.7 Å². The Kier molecular flexibility index (Phi) is 5.33. The Morgan fingerprint density at radius 3 is 2.38 bits per heavy atom. The number of hydrogen-bond acceptors (Lipinski definition) is 6. The molecule has 0 unspecified atom stereocenters. The topological polar surface area (TPSA) is 99.8 Å². The molecule has 1 aliphatic rings. The highest BCUT2D eigenvalue weighted by Gasteiger charge is 2.28. The van der Waals surface area contributed by atoms with Gasteiger partial charge in [-0.05, 0) is 23.3 Å². The predicted molar refractivity (Wildman–Crippen MR) is 128 cm³/mol. The molecule has 0 saturated carbocycles. The van der Waals surface area contributed by atoms with Crippen molar-refractivity contribution in [1.29, 1.82) is 0 Å². The van der Waals surface area contributed by atoms with E-state index in [0.717, 1.165) is 16.7 Å². The first-order chi connectivity index (χ1) is 16.4. The average Bonchev–Trinajstić information content (AvgIpc) is 3.42. The van der Waals surface area contributed by atoms with Crippen molar-refractivity contribution < 1.29 is 19.7 Å². The van der Waals surface area contributed by atoms with Gasteiger partial charge in [0, 0.05) is 43.9 Å². The van der Waals surface area contributed by atoms with Crippen LogP contribution in [0.2, 0.25) is 0 Å². The van der Waals surface area contributed by atoms with Gasteiger partial charge in [-0.15, -0.1) is 0 Å². The molecule has 3 aromatic carbocycles. The van der Waals surface area contributed by atoms with Crippen molar-refractivity contribution in [3.8, 4) is 28.5 Å². The average molecular weight is 457 g/mol. The van der Waals surface area contributed by atoms with Gasteiger partial charge >= 0.3 is 0 Å². The van der Waals surface area contributed by atoms with Crippen LogP contribution in [0.3, 0.4) is 0 Å². The molecule has 8 heteroatoms. The molecule has 0 fully saturated rings. The molecule has 8 nitrogen and oxygen atoms in total. The molecule has 5 rings (SSSR count). The molecule has 0 aliphatic carbocycles. The number of benzene rings is 3. The van der Waals surface area contributed by atoms with Crippen molar-refractivity contribution in [3.05, 3.63) is 83.4 Å². The Morgan fingerprint density at radius 2 is 1.68 bits per heavy atom. The number of ether oxygens (including phenoxy) is 1. The molecule has 2 heterocycles. The fourth-order valence-corrected chi connectivity index (χ4v) is 4.28. The van der Waals surface area contributed by atoms with E-state index in [1.165, 1.54) is 12.1 Å². The molecular weight excluding hydrogens is 432 g/mol. The molecular formula is C26H24N4O4. The van der Waals surface area contributed by atoms with Crippen molar-refractivity contribution in [2.75, 3.05) is 12.4 Å². The third-order valence-electron chi connectivity index (χ3n) is 5.97. The van der Waals surface area contributed by atoms with E-state index in [2.05, 4.69) is 10.4 Å². The summed E-state index contributed by atoms with van der Waals surface area (Å²) in [7, 11) is 3.37. The molecule has 1 aromatic heterocycles. The van der Waals surface area contributed by atoms with Gasteiger partial charge in [0.1, 0.15) is 28.6 Å². The van der Waals surface area contributed by atoms with Gasteiger partial charge in [-0.25, -0.2) is 0 Å². The number of methoxy groups -OCH3 is 1. The number of anilines is 2. The standard InChI is InChI=1S/C26H24N4O4/c1-29-24(13-20(28-29)19-9-5-6-10-23(19)34-2)27-21-11-18(31)12-22(32)25(21)26(33)30-14-16-7-3-4-8-17(16)15-30/h3-13,27,31-32H,14-15H2,1-2H3. The molecule has 1 amide bonds. The Balaban J connectivity index is 1.49. The maximum absolute atomic E-state index is 13.5. The van der Waals surface area contributed by atoms with Crippen molar-refractivity contribution in [3.63, 3.8) is 0 Å². The lowest BCUT2D eigenvalue weighted by Gasteiger charge is -2.19. The van der Waals surface area contributed by atoms with Crippen LogP contribution in [0, 0.1) is 0 Å². The van der Waals surface area contributed by atoms with E-state index in [1.807, 2.05) is 54.6 Å². The zero-order valence-electron chi connectivity index (χ0n) is 18.8. The Labute approximate surface area is 196 Å². The number of rotatable bonds is 5. The summed E-state index contributed by atoms with van der Waals surface area (Å²) in [5, 5.41) is 28.5. The van der Waals surface area contributed by atoms with Gasteiger partial charge in [0.2, 0.25) is 0 Å². The van der Waals surface area contributed by atoms with Crippen LogP contribution in [0.4, 0.5) is 11.5 Å². The third-order valence-corrected chi connectivity index (χ3v) is 5.97. The van der Waals surface area contributed by atoms with E-state index in [-0.39, 0.29) is 28.7 Å². The fourth-order valence-electron chi connectivity index (χ4n) is 4.28. The Bertz CT molecular complexity index is 1370. The second kappa shape index (κ2) is 8.47. The number of aryl methyl sites for hydroxylation is 1. The zero-order valence-corrected chi connectivity index (χ0v) is 18.8. The minimum Gasteiger partial charge on any atom is -0.508 e. The van der Waals surface area contributed by atoms with Gasteiger partial charge in [-0.1, -0.05) is 36.4 Å². The molecule has 0 saturated heterocycles. The highest BCUT2D eigenvalue weighted by atomic mass is 16.5. The summed E-state index contributed by atoms with van der Waals surface area (Å²) in [4.78, 5) is 15.1. The van der Waals surface area contributed by atoms with Crippen LogP contribution in [0.15, 0.2) is 66.7 Å². The number of amides is 1. The van der Waals surface area contributed by atoms with Gasteiger partial charge < -0.3 is 25.2 Å². The summed E-state index contributed by atoms with van der Waals surface area (Å²) in [6.45, 7) is 0.914. The van der Waals surface area contributed by atoms with Crippen LogP contribution in [-0.2, 0) is 20.1 Å². The Morgan fingerprint density at radius 1 is 1.00 bits per heavy atom. The molecule has 172 valence electrons. The van der Waals surface area contributed by atoms with Crippen LogP contribution >= 0.6 is 0 Å². The van der Waals surface area contributed by atoms with E-state index in [4.69, 9.17) is 4.74 Å². The number of nitrogens with one attached hydrogen (secondary N) is 1. The molecule has 0 spiro atoms. The lowest BCUT2D eigenvalue weighted by atomic mass is 10.1. The first-order valence-electron chi connectivity index (χ1n) is 10.8. The summed E-state index contributed by atoms with van der Waals surface area (Å²) >= 11 is 0. The number of fused-ring (bicyclic) bond motifs is 1. The molecule has 1 aliphatic heterocycles. The summed E-state index contributed by atoms with van der Waals surface area (Å²) < 4.78 is 7.07. The molecule has 34 heavy (non-hydrogen) atoms. The number of phenols is 2. The van der Waals surface area contributed by atoms with E-state index in [0.29, 0.717) is 30.4 Å². The molecule has 0 radical (unpaired) electrons. The first-order valence-corrected chi connectivity index (χ1v) is 10.8. The number of nitrogens with zero attached hydrogens (tertiary/aromatic N) is 3. The lowest BCUT2D eigenvalue weighted by molar-refractivity contribution is 0.0749. The Hall–Kier alpha value is -4.46. The van der Waals surface area contributed by atoms with Gasteiger partial charge in [-0.3, -0.25) is 9.48 Å². The number of aromatic nitrogens is 2. The summed E-state index contributed by atoms with van der Waals surface area (Å²) in [6.07, 6.45) is 0. The van der Waals surface area contributed by atoms with E-state index in [1.54, 1.807) is 23.7 Å². The highest BCUT2D eigenvalue weighted by molar-refractivity contribution is 6.03. The number of para-hydroxylation sites is 1. The maximum Gasteiger partial charge on any atom is 0.260 e.